The van der Waals surface area contributed by atoms with E-state index in [1.807, 2.05) is 57.2 Å². The zero-order valence-electron chi connectivity index (χ0n) is 14.0. The van der Waals surface area contributed by atoms with Crippen molar-refractivity contribution in [2.24, 2.45) is 0 Å². The SMILES string of the molecule is CCn1c(C)cc(/C=C(/C#N)C(=O)Nc2ccccc2C)c1C. The Kier molecular flexibility index (Phi) is 5.02. The summed E-state index contributed by atoms with van der Waals surface area (Å²) in [6.07, 6.45) is 1.65. The van der Waals surface area contributed by atoms with Crippen LogP contribution in [0.15, 0.2) is 35.9 Å². The predicted molar refractivity (Wildman–Crippen MR) is 93.0 cm³/mol. The van der Waals surface area contributed by atoms with E-state index in [9.17, 15) is 10.1 Å². The molecule has 2 rings (SSSR count). The lowest BCUT2D eigenvalue weighted by Crippen LogP contribution is -2.14. The average molecular weight is 307 g/mol. The number of carbonyl (C=O) groups excluding carboxylic acids is 1. The summed E-state index contributed by atoms with van der Waals surface area (Å²) in [6, 6.07) is 11.5. The zero-order chi connectivity index (χ0) is 17.0. The fourth-order valence-corrected chi connectivity index (χ4v) is 2.67. The summed E-state index contributed by atoms with van der Waals surface area (Å²) in [5, 5.41) is 12.1. The molecule has 4 heteroatoms. The normalized spacial score (nSPS) is 11.2. The Balaban J connectivity index is 2.31. The molecule has 23 heavy (non-hydrogen) atoms. The highest BCUT2D eigenvalue weighted by Crippen LogP contribution is 2.19. The van der Waals surface area contributed by atoms with Crippen molar-refractivity contribution in [3.63, 3.8) is 0 Å². The third-order valence-electron chi connectivity index (χ3n) is 3.99. The van der Waals surface area contributed by atoms with Gasteiger partial charge in [-0.3, -0.25) is 4.79 Å². The Morgan fingerprint density at radius 1 is 1.30 bits per heavy atom. The van der Waals surface area contributed by atoms with Crippen LogP contribution in [0, 0.1) is 32.1 Å². The monoisotopic (exact) mass is 307 g/mol. The number of carbonyl (C=O) groups is 1. The van der Waals surface area contributed by atoms with Crippen LogP contribution in [0.2, 0.25) is 0 Å². The van der Waals surface area contributed by atoms with E-state index in [0.29, 0.717) is 0 Å². The molecule has 1 aromatic heterocycles. The number of amides is 1. The average Bonchev–Trinajstić information content (AvgIpc) is 2.80. The number of aryl methyl sites for hydroxylation is 2. The minimum atomic E-state index is -0.386. The maximum atomic E-state index is 12.4. The summed E-state index contributed by atoms with van der Waals surface area (Å²) in [5.41, 5.74) is 4.86. The molecule has 0 saturated heterocycles. The lowest BCUT2D eigenvalue weighted by molar-refractivity contribution is -0.112. The molecule has 0 bridgehead atoms. The maximum Gasteiger partial charge on any atom is 0.266 e. The van der Waals surface area contributed by atoms with Crippen molar-refractivity contribution < 1.29 is 4.79 Å². The highest BCUT2D eigenvalue weighted by molar-refractivity contribution is 6.10. The Bertz CT molecular complexity index is 807. The summed E-state index contributed by atoms with van der Waals surface area (Å²) < 4.78 is 2.15. The second kappa shape index (κ2) is 6.97. The van der Waals surface area contributed by atoms with Gasteiger partial charge in [0.05, 0.1) is 0 Å². The first-order chi connectivity index (χ1) is 11.0. The van der Waals surface area contributed by atoms with Crippen LogP contribution >= 0.6 is 0 Å². The lowest BCUT2D eigenvalue weighted by atomic mass is 10.1. The summed E-state index contributed by atoms with van der Waals surface area (Å²) in [7, 11) is 0. The number of nitriles is 1. The van der Waals surface area contributed by atoms with E-state index < -0.39 is 0 Å². The molecule has 0 spiro atoms. The van der Waals surface area contributed by atoms with Crippen molar-refractivity contribution in [3.8, 4) is 6.07 Å². The molecule has 1 heterocycles. The van der Waals surface area contributed by atoms with Crippen LogP contribution in [0.4, 0.5) is 5.69 Å². The molecule has 0 radical (unpaired) electrons. The van der Waals surface area contributed by atoms with Crippen molar-refractivity contribution in [2.75, 3.05) is 5.32 Å². The number of para-hydroxylation sites is 1. The van der Waals surface area contributed by atoms with Gasteiger partial charge in [-0.1, -0.05) is 18.2 Å². The first-order valence-electron chi connectivity index (χ1n) is 7.63. The molecule has 0 aliphatic rings. The largest absolute Gasteiger partial charge is 0.349 e. The highest BCUT2D eigenvalue weighted by Gasteiger charge is 2.13. The van der Waals surface area contributed by atoms with Gasteiger partial charge in [-0.2, -0.15) is 5.26 Å². The van der Waals surface area contributed by atoms with Gasteiger partial charge in [0.2, 0.25) is 0 Å². The van der Waals surface area contributed by atoms with Gasteiger partial charge in [0.25, 0.3) is 5.91 Å². The number of hydrogen-bond donors (Lipinski definition) is 1. The Morgan fingerprint density at radius 2 is 2.00 bits per heavy atom. The van der Waals surface area contributed by atoms with Gasteiger partial charge in [-0.25, -0.2) is 0 Å². The van der Waals surface area contributed by atoms with Crippen LogP contribution in [0.1, 0.15) is 29.4 Å². The number of rotatable bonds is 4. The van der Waals surface area contributed by atoms with E-state index in [4.69, 9.17) is 0 Å². The Labute approximate surface area is 137 Å². The molecule has 0 aliphatic heterocycles. The van der Waals surface area contributed by atoms with Crippen LogP contribution in [0.25, 0.3) is 6.08 Å². The standard InChI is InChI=1S/C19H21N3O/c1-5-22-14(3)10-16(15(22)4)11-17(12-20)19(23)21-18-9-7-6-8-13(18)2/h6-11H,5H2,1-4H3,(H,21,23)/b17-11-. The van der Waals surface area contributed by atoms with Crippen LogP contribution in [-0.4, -0.2) is 10.5 Å². The van der Waals surface area contributed by atoms with E-state index in [1.54, 1.807) is 6.08 Å². The minimum Gasteiger partial charge on any atom is -0.349 e. The van der Waals surface area contributed by atoms with Crippen molar-refractivity contribution >= 4 is 17.7 Å². The van der Waals surface area contributed by atoms with E-state index in [0.717, 1.165) is 34.7 Å². The molecule has 0 saturated carbocycles. The fraction of sp³-hybridized carbons (Fsp3) is 0.263. The highest BCUT2D eigenvalue weighted by atomic mass is 16.1. The van der Waals surface area contributed by atoms with E-state index in [-0.39, 0.29) is 11.5 Å². The quantitative estimate of drug-likeness (QED) is 0.686. The minimum absolute atomic E-state index is 0.101. The van der Waals surface area contributed by atoms with E-state index in [1.165, 1.54) is 0 Å². The molecular formula is C19H21N3O. The molecule has 0 fully saturated rings. The summed E-state index contributed by atoms with van der Waals surface area (Å²) in [4.78, 5) is 12.4. The molecule has 118 valence electrons. The second-order valence-electron chi connectivity index (χ2n) is 5.51. The lowest BCUT2D eigenvalue weighted by Gasteiger charge is -2.07. The van der Waals surface area contributed by atoms with Crippen molar-refractivity contribution in [1.82, 2.24) is 4.57 Å². The van der Waals surface area contributed by atoms with Gasteiger partial charge in [-0.05, 0) is 57.0 Å². The van der Waals surface area contributed by atoms with E-state index in [2.05, 4.69) is 16.8 Å². The van der Waals surface area contributed by atoms with Crippen LogP contribution in [0.5, 0.6) is 0 Å². The number of nitrogens with one attached hydrogen (secondary N) is 1. The molecule has 0 atom stereocenters. The number of benzene rings is 1. The van der Waals surface area contributed by atoms with Crippen LogP contribution < -0.4 is 5.32 Å². The van der Waals surface area contributed by atoms with E-state index >= 15 is 0 Å². The van der Waals surface area contributed by atoms with Gasteiger partial charge in [0.1, 0.15) is 11.6 Å². The Hall–Kier alpha value is -2.80. The zero-order valence-corrected chi connectivity index (χ0v) is 14.0. The maximum absolute atomic E-state index is 12.4. The molecule has 1 aromatic carbocycles. The molecule has 1 N–H and O–H groups in total. The number of nitrogens with zero attached hydrogens (tertiary/aromatic N) is 2. The molecule has 0 unspecified atom stereocenters. The Morgan fingerprint density at radius 3 is 2.57 bits per heavy atom. The van der Waals surface area contributed by atoms with Gasteiger partial charge in [0, 0.05) is 23.6 Å². The van der Waals surface area contributed by atoms with Gasteiger partial charge in [0.15, 0.2) is 0 Å². The summed E-state index contributed by atoms with van der Waals surface area (Å²) >= 11 is 0. The molecule has 2 aromatic rings. The first-order valence-corrected chi connectivity index (χ1v) is 7.63. The first kappa shape index (κ1) is 16.6. The summed E-state index contributed by atoms with van der Waals surface area (Å²) in [6.45, 7) is 8.87. The number of anilines is 1. The molecular weight excluding hydrogens is 286 g/mol. The number of hydrogen-bond acceptors (Lipinski definition) is 2. The van der Waals surface area contributed by atoms with Crippen LogP contribution in [0.3, 0.4) is 0 Å². The van der Waals surface area contributed by atoms with Crippen molar-refractivity contribution in [3.05, 3.63) is 58.4 Å². The summed E-state index contributed by atoms with van der Waals surface area (Å²) in [5.74, 6) is -0.386. The topological polar surface area (TPSA) is 57.8 Å². The van der Waals surface area contributed by atoms with Crippen molar-refractivity contribution in [2.45, 2.75) is 34.2 Å². The fourth-order valence-electron chi connectivity index (χ4n) is 2.67. The van der Waals surface area contributed by atoms with Gasteiger partial charge < -0.3 is 9.88 Å². The third-order valence-corrected chi connectivity index (χ3v) is 3.99. The van der Waals surface area contributed by atoms with Crippen molar-refractivity contribution in [1.29, 1.82) is 5.26 Å². The smallest absolute Gasteiger partial charge is 0.266 e. The second-order valence-corrected chi connectivity index (χ2v) is 5.51. The number of aromatic nitrogens is 1. The molecule has 4 nitrogen and oxygen atoms in total. The predicted octanol–water partition coefficient (Wildman–Crippen LogP) is 3.98. The van der Waals surface area contributed by atoms with Crippen LogP contribution in [-0.2, 0) is 11.3 Å². The van der Waals surface area contributed by atoms with Gasteiger partial charge >= 0.3 is 0 Å². The molecule has 0 aliphatic carbocycles. The molecule has 1 amide bonds. The van der Waals surface area contributed by atoms with Gasteiger partial charge in [-0.15, -0.1) is 0 Å². The third kappa shape index (κ3) is 3.51.